The highest BCUT2D eigenvalue weighted by molar-refractivity contribution is 6.21. The lowest BCUT2D eigenvalue weighted by molar-refractivity contribution is -0.116. The van der Waals surface area contributed by atoms with Crippen molar-refractivity contribution in [3.8, 4) is 0 Å². The van der Waals surface area contributed by atoms with Crippen LogP contribution in [0.15, 0.2) is 77.7 Å². The van der Waals surface area contributed by atoms with Crippen LogP contribution in [0.3, 0.4) is 0 Å². The van der Waals surface area contributed by atoms with Crippen LogP contribution in [0.25, 0.3) is 0 Å². The third-order valence-electron chi connectivity index (χ3n) is 6.52. The topological polar surface area (TPSA) is 96.8 Å². The van der Waals surface area contributed by atoms with Gasteiger partial charge in [-0.3, -0.25) is 14.5 Å². The van der Waals surface area contributed by atoms with Crippen LogP contribution in [0, 0.1) is 18.8 Å². The van der Waals surface area contributed by atoms with E-state index in [2.05, 4.69) is 24.9 Å². The van der Waals surface area contributed by atoms with Crippen LogP contribution in [-0.4, -0.2) is 40.9 Å². The second-order valence-corrected chi connectivity index (χ2v) is 9.14. The Morgan fingerprint density at radius 3 is 2.34 bits per heavy atom. The summed E-state index contributed by atoms with van der Waals surface area (Å²) in [4.78, 5) is 44.3. The van der Waals surface area contributed by atoms with Crippen molar-refractivity contribution in [1.82, 2.24) is 4.98 Å². The summed E-state index contributed by atoms with van der Waals surface area (Å²) in [6.45, 7) is 6.20. The summed E-state index contributed by atoms with van der Waals surface area (Å²) in [5, 5.41) is 10.9. The molecule has 1 aromatic heterocycles. The fraction of sp³-hybridized carbons (Fsp3) is 0.286. The number of aryl methyl sites for hydroxylation is 1. The largest absolute Gasteiger partial charge is 0.503 e. The Hall–Kier alpha value is -4.00. The first-order chi connectivity index (χ1) is 16.7. The molecule has 35 heavy (non-hydrogen) atoms. The van der Waals surface area contributed by atoms with Crippen molar-refractivity contribution in [2.24, 2.45) is 11.8 Å². The van der Waals surface area contributed by atoms with Crippen molar-refractivity contribution in [3.63, 3.8) is 0 Å². The normalized spacial score (nSPS) is 19.9. The Morgan fingerprint density at radius 1 is 1.11 bits per heavy atom. The van der Waals surface area contributed by atoms with Gasteiger partial charge in [0.05, 0.1) is 24.3 Å². The van der Waals surface area contributed by atoms with Gasteiger partial charge in [0.15, 0.2) is 11.5 Å². The molecule has 1 aliphatic carbocycles. The van der Waals surface area contributed by atoms with Crippen LogP contribution in [-0.2, 0) is 9.53 Å². The van der Waals surface area contributed by atoms with Crippen molar-refractivity contribution >= 4 is 23.5 Å². The number of rotatable bonds is 6. The molecule has 2 heterocycles. The maximum absolute atomic E-state index is 13.6. The van der Waals surface area contributed by atoms with E-state index in [1.165, 1.54) is 30.3 Å². The Morgan fingerprint density at radius 2 is 1.80 bits per heavy atom. The van der Waals surface area contributed by atoms with Gasteiger partial charge in [0, 0.05) is 11.8 Å². The van der Waals surface area contributed by atoms with E-state index >= 15 is 0 Å². The molecule has 2 atom stereocenters. The van der Waals surface area contributed by atoms with Crippen molar-refractivity contribution < 1.29 is 24.2 Å². The van der Waals surface area contributed by atoms with Gasteiger partial charge in [-0.15, -0.1) is 0 Å². The molecule has 1 aliphatic heterocycles. The van der Waals surface area contributed by atoms with Gasteiger partial charge in [0.25, 0.3) is 5.91 Å². The first kappa shape index (κ1) is 24.1. The SMILES string of the molecule is COC(=O)c1ccc(N2C(=O)C(O)=C(C(=O)c3ccc(C)cc3)C2C2=CCC(C(C)C)C=C2)nc1. The number of hydrogen-bond donors (Lipinski definition) is 1. The summed E-state index contributed by atoms with van der Waals surface area (Å²) in [5.41, 5.74) is 2.34. The van der Waals surface area contributed by atoms with Gasteiger partial charge in [-0.25, -0.2) is 9.78 Å². The molecule has 7 nitrogen and oxygen atoms in total. The zero-order valence-electron chi connectivity index (χ0n) is 20.2. The predicted octanol–water partition coefficient (Wildman–Crippen LogP) is 4.75. The van der Waals surface area contributed by atoms with Gasteiger partial charge < -0.3 is 9.84 Å². The lowest BCUT2D eigenvalue weighted by Crippen LogP contribution is -2.39. The molecule has 0 radical (unpaired) electrons. The number of esters is 1. The van der Waals surface area contributed by atoms with Crippen LogP contribution in [0.1, 0.15) is 46.5 Å². The average Bonchev–Trinajstić information content (AvgIpc) is 3.14. The number of aliphatic hydroxyl groups excluding tert-OH is 1. The Balaban J connectivity index is 1.79. The highest BCUT2D eigenvalue weighted by Crippen LogP contribution is 2.38. The molecule has 0 spiro atoms. The molecule has 1 N–H and O–H groups in total. The van der Waals surface area contributed by atoms with E-state index in [1.54, 1.807) is 12.1 Å². The summed E-state index contributed by atoms with van der Waals surface area (Å²) in [6, 6.07) is 9.15. The minimum absolute atomic E-state index is 0.0107. The molecule has 4 rings (SSSR count). The third-order valence-corrected chi connectivity index (χ3v) is 6.52. The van der Waals surface area contributed by atoms with E-state index in [0.717, 1.165) is 17.6 Å². The van der Waals surface area contributed by atoms with E-state index in [1.807, 2.05) is 31.2 Å². The van der Waals surface area contributed by atoms with Crippen LogP contribution < -0.4 is 4.90 Å². The lowest BCUT2D eigenvalue weighted by atomic mass is 9.83. The number of carbonyl (C=O) groups is 3. The number of anilines is 1. The standard InChI is InChI=1S/C28H28N2O5/c1-16(2)18-9-11-19(12-10-18)24-23(25(31)20-7-5-17(3)6-8-20)26(32)27(33)30(24)22-14-13-21(15-29-22)28(34)35-4/h5-9,11-16,18,24,32H,10H2,1-4H3. The Kier molecular flexibility index (Phi) is 6.69. The van der Waals surface area contributed by atoms with Gasteiger partial charge in [-0.05, 0) is 42.9 Å². The molecule has 0 bridgehead atoms. The second kappa shape index (κ2) is 9.70. The van der Waals surface area contributed by atoms with Crippen LogP contribution in [0.4, 0.5) is 5.82 Å². The van der Waals surface area contributed by atoms with Gasteiger partial charge in [0.2, 0.25) is 0 Å². The van der Waals surface area contributed by atoms with Crippen molar-refractivity contribution in [2.75, 3.05) is 12.0 Å². The smallest absolute Gasteiger partial charge is 0.339 e. The monoisotopic (exact) mass is 472 g/mol. The number of hydrogen-bond acceptors (Lipinski definition) is 6. The van der Waals surface area contributed by atoms with Gasteiger partial charge in [0.1, 0.15) is 5.82 Å². The number of Topliss-reactive ketones (excluding diaryl/α,β-unsaturated/α-hetero) is 1. The molecule has 7 heteroatoms. The fourth-order valence-corrected chi connectivity index (χ4v) is 4.37. The summed E-state index contributed by atoms with van der Waals surface area (Å²) in [5.74, 6) is -1.29. The highest BCUT2D eigenvalue weighted by atomic mass is 16.5. The fourth-order valence-electron chi connectivity index (χ4n) is 4.37. The zero-order chi connectivity index (χ0) is 25.3. The van der Waals surface area contributed by atoms with Crippen LogP contribution >= 0.6 is 0 Å². The zero-order valence-corrected chi connectivity index (χ0v) is 20.2. The quantitative estimate of drug-likeness (QED) is 0.482. The molecule has 0 fully saturated rings. The summed E-state index contributed by atoms with van der Waals surface area (Å²) >= 11 is 0. The number of pyridine rings is 1. The molecule has 2 aliphatic rings. The van der Waals surface area contributed by atoms with E-state index < -0.39 is 29.5 Å². The van der Waals surface area contributed by atoms with Crippen molar-refractivity contribution in [3.05, 3.63) is 94.4 Å². The van der Waals surface area contributed by atoms with E-state index in [0.29, 0.717) is 17.4 Å². The highest BCUT2D eigenvalue weighted by Gasteiger charge is 2.46. The maximum Gasteiger partial charge on any atom is 0.339 e. The first-order valence-electron chi connectivity index (χ1n) is 11.5. The molecule has 180 valence electrons. The second-order valence-electron chi connectivity index (χ2n) is 9.14. The number of allylic oxidation sites excluding steroid dienone is 2. The number of methoxy groups -OCH3 is 1. The summed E-state index contributed by atoms with van der Waals surface area (Å²) < 4.78 is 4.72. The minimum Gasteiger partial charge on any atom is -0.503 e. The van der Waals surface area contributed by atoms with E-state index in [9.17, 15) is 19.5 Å². The molecule has 2 unspecified atom stereocenters. The van der Waals surface area contributed by atoms with E-state index in [4.69, 9.17) is 4.74 Å². The maximum atomic E-state index is 13.6. The lowest BCUT2D eigenvalue weighted by Gasteiger charge is -2.29. The minimum atomic E-state index is -0.850. The number of amides is 1. The number of benzene rings is 1. The summed E-state index contributed by atoms with van der Waals surface area (Å²) in [6.07, 6.45) is 8.08. The molecule has 1 aromatic carbocycles. The molecular formula is C28H28N2O5. The number of carbonyl (C=O) groups excluding carboxylic acids is 3. The molecule has 2 aromatic rings. The van der Waals surface area contributed by atoms with Crippen molar-refractivity contribution in [1.29, 1.82) is 0 Å². The van der Waals surface area contributed by atoms with Gasteiger partial charge >= 0.3 is 5.97 Å². The summed E-state index contributed by atoms with van der Waals surface area (Å²) in [7, 11) is 1.27. The predicted molar refractivity (Wildman–Crippen MR) is 132 cm³/mol. The van der Waals surface area contributed by atoms with Crippen molar-refractivity contribution in [2.45, 2.75) is 33.2 Å². The molecule has 0 saturated heterocycles. The molecule has 1 amide bonds. The van der Waals surface area contributed by atoms with Crippen LogP contribution in [0.5, 0.6) is 0 Å². The number of nitrogens with zero attached hydrogens (tertiary/aromatic N) is 2. The number of ether oxygens (including phenoxy) is 1. The molecular weight excluding hydrogens is 444 g/mol. The van der Waals surface area contributed by atoms with Crippen LogP contribution in [0.2, 0.25) is 0 Å². The Bertz CT molecular complexity index is 1250. The third kappa shape index (κ3) is 4.54. The first-order valence-corrected chi connectivity index (χ1v) is 11.5. The average molecular weight is 473 g/mol. The Labute approximate surface area is 204 Å². The van der Waals surface area contributed by atoms with E-state index in [-0.39, 0.29) is 17.0 Å². The molecule has 0 saturated carbocycles. The number of ketones is 1. The number of aliphatic hydroxyl groups is 1. The number of aromatic nitrogens is 1. The van der Waals surface area contributed by atoms with Gasteiger partial charge in [-0.2, -0.15) is 0 Å². The van der Waals surface area contributed by atoms with Gasteiger partial charge in [-0.1, -0.05) is 61.9 Å².